The molecule has 36 heavy (non-hydrogen) atoms. The Bertz CT molecular complexity index is 1160. The van der Waals surface area contributed by atoms with Gasteiger partial charge in [0.1, 0.15) is 11.8 Å². The lowest BCUT2D eigenvalue weighted by molar-refractivity contribution is -0.176. The van der Waals surface area contributed by atoms with Crippen molar-refractivity contribution in [3.05, 3.63) is 35.1 Å². The third kappa shape index (κ3) is 3.34. The van der Waals surface area contributed by atoms with Gasteiger partial charge < -0.3 is 34.9 Å². The summed E-state index contributed by atoms with van der Waals surface area (Å²) in [5.41, 5.74) is 5.55. The van der Waals surface area contributed by atoms with Crippen LogP contribution in [0.1, 0.15) is 50.7 Å². The Morgan fingerprint density at radius 2 is 2.06 bits per heavy atom. The van der Waals surface area contributed by atoms with Gasteiger partial charge in [-0.05, 0) is 62.1 Å². The number of aliphatic hydroxyl groups is 1. The maximum atomic E-state index is 12.9. The predicted molar refractivity (Wildman–Crippen MR) is 124 cm³/mol. The third-order valence-corrected chi connectivity index (χ3v) is 8.50. The first kappa shape index (κ1) is 24.6. The predicted octanol–water partition coefficient (Wildman–Crippen LogP) is 1.59. The van der Waals surface area contributed by atoms with E-state index in [0.717, 1.165) is 24.0 Å². The number of carbonyl (C=O) groups excluding carboxylic acids is 2. The molecule has 1 aliphatic heterocycles. The van der Waals surface area contributed by atoms with Crippen molar-refractivity contribution in [2.75, 3.05) is 7.11 Å². The van der Waals surface area contributed by atoms with E-state index in [9.17, 15) is 19.5 Å². The van der Waals surface area contributed by atoms with Crippen LogP contribution >= 0.6 is 0 Å². The highest BCUT2D eigenvalue weighted by molar-refractivity contribution is 5.84. The maximum Gasteiger partial charge on any atom is 0.352 e. The lowest BCUT2D eigenvalue weighted by atomic mass is 9.45. The SMILES string of the molecule is COc1ccc2c3c1O[C@H]1C(OC(=O)[C@H](C)OC(=O)C[C@H](N)C(=O)O)=CC[C@@]4(O)[C@@H](C2)C(C)CC[C@]314. The molecule has 1 fully saturated rings. The molecule has 10 heteroatoms. The minimum atomic E-state index is -1.43. The minimum absolute atomic E-state index is 0.0241. The number of carboxylic acid groups (broad SMARTS) is 1. The second-order valence-electron chi connectivity index (χ2n) is 10.4. The Labute approximate surface area is 208 Å². The summed E-state index contributed by atoms with van der Waals surface area (Å²) in [7, 11) is 1.56. The van der Waals surface area contributed by atoms with Gasteiger partial charge in [-0.1, -0.05) is 13.0 Å². The first-order valence-electron chi connectivity index (χ1n) is 12.2. The van der Waals surface area contributed by atoms with Crippen molar-refractivity contribution in [2.45, 2.75) is 75.2 Å². The smallest absolute Gasteiger partial charge is 0.352 e. The molecule has 1 saturated carbocycles. The zero-order chi connectivity index (χ0) is 26.0. The van der Waals surface area contributed by atoms with E-state index < -0.39 is 53.6 Å². The Kier molecular flexibility index (Phi) is 5.79. The molecule has 5 rings (SSSR count). The Morgan fingerprint density at radius 3 is 2.75 bits per heavy atom. The van der Waals surface area contributed by atoms with Crippen LogP contribution < -0.4 is 15.2 Å². The number of hydrogen-bond donors (Lipinski definition) is 3. The van der Waals surface area contributed by atoms with Crippen molar-refractivity contribution in [1.29, 1.82) is 0 Å². The van der Waals surface area contributed by atoms with Crippen molar-refractivity contribution >= 4 is 17.9 Å². The highest BCUT2D eigenvalue weighted by atomic mass is 16.6. The molecule has 4 aliphatic rings. The molecule has 1 spiro atoms. The van der Waals surface area contributed by atoms with Gasteiger partial charge in [-0.25, -0.2) is 4.79 Å². The molecule has 1 unspecified atom stereocenters. The van der Waals surface area contributed by atoms with Gasteiger partial charge in [0, 0.05) is 5.56 Å². The highest BCUT2D eigenvalue weighted by Crippen LogP contribution is 2.68. The molecule has 3 aliphatic carbocycles. The molecule has 10 nitrogen and oxygen atoms in total. The van der Waals surface area contributed by atoms with E-state index in [-0.39, 0.29) is 11.7 Å². The molecule has 0 radical (unpaired) electrons. The fourth-order valence-electron chi connectivity index (χ4n) is 6.72. The number of methoxy groups -OCH3 is 1. The van der Waals surface area contributed by atoms with Gasteiger partial charge in [0.2, 0.25) is 0 Å². The standard InChI is InChI=1S/C26H31NO9/c1-12-6-8-25-20-14-4-5-17(33-3)21(20)36-22(25)18(7-9-26(25,32)15(12)10-14)35-24(31)13(2)34-19(28)11-16(27)23(29)30/h4-5,7,12-13,15-16,22,32H,6,8-11,27H2,1-3H3,(H,29,30)/t12?,13-,15-,16-,22-,25-,26+/m0/s1. The average Bonchev–Trinajstić information content (AvgIpc) is 3.18. The largest absolute Gasteiger partial charge is 0.493 e. The molecule has 1 aromatic rings. The van der Waals surface area contributed by atoms with Crippen LogP contribution in [-0.4, -0.2) is 59.1 Å². The Hall–Kier alpha value is -3.11. The minimum Gasteiger partial charge on any atom is -0.493 e. The van der Waals surface area contributed by atoms with Crippen molar-refractivity contribution in [3.8, 4) is 11.5 Å². The van der Waals surface area contributed by atoms with Crippen molar-refractivity contribution < 1.29 is 43.5 Å². The molecule has 0 saturated heterocycles. The second-order valence-corrected chi connectivity index (χ2v) is 10.4. The molecule has 4 N–H and O–H groups in total. The van der Waals surface area contributed by atoms with E-state index in [2.05, 4.69) is 6.92 Å². The zero-order valence-corrected chi connectivity index (χ0v) is 20.5. The van der Waals surface area contributed by atoms with Crippen LogP contribution in [0.15, 0.2) is 24.0 Å². The molecule has 1 heterocycles. The quantitative estimate of drug-likeness (QED) is 0.469. The number of rotatable bonds is 7. The molecular weight excluding hydrogens is 470 g/mol. The zero-order valence-electron chi connectivity index (χ0n) is 20.5. The first-order valence-corrected chi connectivity index (χ1v) is 12.2. The van der Waals surface area contributed by atoms with E-state index >= 15 is 0 Å². The number of carbonyl (C=O) groups is 3. The van der Waals surface area contributed by atoms with Crippen LogP contribution in [0, 0.1) is 11.8 Å². The number of benzene rings is 1. The lowest BCUT2D eigenvalue weighted by Crippen LogP contribution is -2.69. The Morgan fingerprint density at radius 1 is 1.31 bits per heavy atom. The van der Waals surface area contributed by atoms with E-state index in [1.165, 1.54) is 6.92 Å². The van der Waals surface area contributed by atoms with Gasteiger partial charge in [0.15, 0.2) is 23.7 Å². The summed E-state index contributed by atoms with van der Waals surface area (Å²) in [5, 5.41) is 21.1. The van der Waals surface area contributed by atoms with Crippen LogP contribution in [0.2, 0.25) is 0 Å². The summed E-state index contributed by atoms with van der Waals surface area (Å²) in [4.78, 5) is 35.8. The topological polar surface area (TPSA) is 155 Å². The summed E-state index contributed by atoms with van der Waals surface area (Å²) >= 11 is 0. The normalized spacial score (nSPS) is 32.8. The second kappa shape index (κ2) is 8.48. The first-order chi connectivity index (χ1) is 17.0. The fourth-order valence-corrected chi connectivity index (χ4v) is 6.72. The molecule has 1 aromatic carbocycles. The molecule has 0 amide bonds. The van der Waals surface area contributed by atoms with E-state index in [4.69, 9.17) is 29.8 Å². The number of carboxylic acids is 1. The van der Waals surface area contributed by atoms with Gasteiger partial charge in [0.25, 0.3) is 0 Å². The molecular formula is C26H31NO9. The summed E-state index contributed by atoms with van der Waals surface area (Å²) in [5.74, 6) is -1.38. The summed E-state index contributed by atoms with van der Waals surface area (Å²) in [6.45, 7) is 3.51. The van der Waals surface area contributed by atoms with E-state index in [1.54, 1.807) is 13.2 Å². The number of esters is 2. The molecule has 194 valence electrons. The van der Waals surface area contributed by atoms with Crippen LogP contribution in [0.3, 0.4) is 0 Å². The van der Waals surface area contributed by atoms with Crippen molar-refractivity contribution in [3.63, 3.8) is 0 Å². The number of hydrogen-bond acceptors (Lipinski definition) is 9. The van der Waals surface area contributed by atoms with E-state index in [1.807, 2.05) is 12.1 Å². The van der Waals surface area contributed by atoms with Gasteiger partial charge in [-0.2, -0.15) is 0 Å². The van der Waals surface area contributed by atoms with Crippen molar-refractivity contribution in [1.82, 2.24) is 0 Å². The summed E-state index contributed by atoms with van der Waals surface area (Å²) in [6.07, 6.45) is 1.66. The number of nitrogens with two attached hydrogens (primary N) is 1. The van der Waals surface area contributed by atoms with Crippen molar-refractivity contribution in [2.24, 2.45) is 17.6 Å². The van der Waals surface area contributed by atoms with Crippen LogP contribution in [0.5, 0.6) is 11.5 Å². The monoisotopic (exact) mass is 501 g/mol. The Balaban J connectivity index is 1.44. The van der Waals surface area contributed by atoms with E-state index in [0.29, 0.717) is 30.3 Å². The molecule has 7 atom stereocenters. The lowest BCUT2D eigenvalue weighted by Gasteiger charge is -2.61. The number of aliphatic carboxylic acids is 1. The molecule has 0 aromatic heterocycles. The number of ether oxygens (including phenoxy) is 4. The van der Waals surface area contributed by atoms with Gasteiger partial charge in [-0.3, -0.25) is 9.59 Å². The maximum absolute atomic E-state index is 12.9. The average molecular weight is 502 g/mol. The molecule has 2 bridgehead atoms. The third-order valence-electron chi connectivity index (χ3n) is 8.50. The van der Waals surface area contributed by atoms with Crippen LogP contribution in [-0.2, 0) is 35.7 Å². The van der Waals surface area contributed by atoms with Gasteiger partial charge in [0.05, 0.1) is 24.5 Å². The van der Waals surface area contributed by atoms with Crippen LogP contribution in [0.4, 0.5) is 0 Å². The summed E-state index contributed by atoms with van der Waals surface area (Å²) < 4.78 is 22.8. The van der Waals surface area contributed by atoms with Crippen LogP contribution in [0.25, 0.3) is 0 Å². The van der Waals surface area contributed by atoms with Gasteiger partial charge in [-0.15, -0.1) is 0 Å². The highest BCUT2D eigenvalue weighted by Gasteiger charge is 2.72. The van der Waals surface area contributed by atoms with Gasteiger partial charge >= 0.3 is 17.9 Å². The summed E-state index contributed by atoms with van der Waals surface area (Å²) in [6, 6.07) is 2.47. The fraction of sp³-hybridized carbons (Fsp3) is 0.577.